The van der Waals surface area contributed by atoms with Gasteiger partial charge in [0, 0.05) is 25.3 Å². The number of hydrogen-bond acceptors (Lipinski definition) is 9. The number of nitrogens with two attached hydrogens (primary N) is 1. The van der Waals surface area contributed by atoms with Crippen LogP contribution in [0, 0.1) is 0 Å². The molecule has 1 atom stereocenters. The summed E-state index contributed by atoms with van der Waals surface area (Å²) >= 11 is 0. The summed E-state index contributed by atoms with van der Waals surface area (Å²) < 4.78 is 12.6. The van der Waals surface area contributed by atoms with Crippen molar-refractivity contribution in [3.63, 3.8) is 0 Å². The number of rotatable bonds is 14. The lowest BCUT2D eigenvalue weighted by atomic mass is 10.1. The Hall–Kier alpha value is -4.91. The van der Waals surface area contributed by atoms with Crippen molar-refractivity contribution < 1.29 is 19.1 Å². The molecule has 4 rings (SSSR count). The van der Waals surface area contributed by atoms with E-state index in [2.05, 4.69) is 37.8 Å². The third-order valence-corrected chi connectivity index (χ3v) is 6.79. The summed E-state index contributed by atoms with van der Waals surface area (Å²) in [4.78, 5) is 50.1. The fourth-order valence-electron chi connectivity index (χ4n) is 4.42. The second kappa shape index (κ2) is 15.2. The third-order valence-electron chi connectivity index (χ3n) is 6.79. The van der Waals surface area contributed by atoms with E-state index >= 15 is 0 Å². The number of aromatic amines is 1. The summed E-state index contributed by atoms with van der Waals surface area (Å²) in [6.45, 7) is 9.09. The van der Waals surface area contributed by atoms with Crippen LogP contribution in [0.2, 0.25) is 0 Å². The summed E-state index contributed by atoms with van der Waals surface area (Å²) in [5.41, 5.74) is 8.26. The molecule has 6 N–H and O–H groups in total. The van der Waals surface area contributed by atoms with E-state index < -0.39 is 23.6 Å². The van der Waals surface area contributed by atoms with Crippen molar-refractivity contribution in [2.24, 2.45) is 0 Å². The highest BCUT2D eigenvalue weighted by Crippen LogP contribution is 2.19. The van der Waals surface area contributed by atoms with Crippen molar-refractivity contribution in [1.82, 2.24) is 24.8 Å². The number of unbranched alkanes of at least 4 members (excludes halogenated alkanes) is 1. The number of nitrogens with one attached hydrogen (secondary N) is 4. The number of fused-ring (bicyclic) bond motifs is 1. The monoisotopic (exact) mass is 618 g/mol. The van der Waals surface area contributed by atoms with E-state index in [1.165, 1.54) is 4.57 Å². The number of anilines is 3. The maximum atomic E-state index is 13.2. The molecule has 0 fully saturated rings. The number of nitrogens with zero attached hydrogens (tertiary/aromatic N) is 3. The number of benzene rings is 2. The lowest BCUT2D eigenvalue weighted by Crippen LogP contribution is -2.45. The topological polar surface area (TPSA) is 178 Å². The quantitative estimate of drug-likeness (QED) is 0.128. The van der Waals surface area contributed by atoms with Crippen molar-refractivity contribution in [2.45, 2.75) is 71.8 Å². The van der Waals surface area contributed by atoms with Crippen LogP contribution >= 0.6 is 0 Å². The van der Waals surface area contributed by atoms with E-state index in [4.69, 9.17) is 15.2 Å². The van der Waals surface area contributed by atoms with E-state index in [9.17, 15) is 14.4 Å². The fourth-order valence-corrected chi connectivity index (χ4v) is 4.42. The minimum atomic E-state index is -0.898. The van der Waals surface area contributed by atoms with Crippen molar-refractivity contribution >= 4 is 40.6 Å². The van der Waals surface area contributed by atoms with Crippen LogP contribution in [-0.4, -0.2) is 56.3 Å². The minimum absolute atomic E-state index is 0.0792. The summed E-state index contributed by atoms with van der Waals surface area (Å²) in [5.74, 6) is 0.132. The SMILES string of the molecule is CCCCNc1nc(N)c2[nH]c(=O)n(Cc3ccc(NC(=O)[C@H](CCOC(C)(C)C)NC(=O)OCc4ccccc4)cc3)c2n1. The predicted molar refractivity (Wildman–Crippen MR) is 174 cm³/mol. The first kappa shape index (κ1) is 33.0. The average Bonchev–Trinajstić information content (AvgIpc) is 3.31. The van der Waals surface area contributed by atoms with Crippen LogP contribution in [0.5, 0.6) is 0 Å². The Kier molecular flexibility index (Phi) is 11.1. The first-order valence-corrected chi connectivity index (χ1v) is 15.0. The molecule has 2 aromatic carbocycles. The zero-order valence-corrected chi connectivity index (χ0v) is 26.2. The molecule has 0 spiro atoms. The zero-order chi connectivity index (χ0) is 32.4. The Balaban J connectivity index is 1.42. The van der Waals surface area contributed by atoms with E-state index in [1.54, 1.807) is 24.3 Å². The molecule has 4 aromatic rings. The first-order valence-electron chi connectivity index (χ1n) is 15.0. The summed E-state index contributed by atoms with van der Waals surface area (Å²) in [7, 11) is 0. The number of H-pyrrole nitrogens is 1. The summed E-state index contributed by atoms with van der Waals surface area (Å²) in [6, 6.07) is 15.4. The Morgan fingerprint density at radius 2 is 1.78 bits per heavy atom. The number of carbonyl (C=O) groups excluding carboxylic acids is 2. The molecule has 13 heteroatoms. The molecule has 45 heavy (non-hydrogen) atoms. The van der Waals surface area contributed by atoms with Crippen molar-refractivity contribution in [3.05, 3.63) is 76.2 Å². The number of nitrogen functional groups attached to an aromatic ring is 1. The van der Waals surface area contributed by atoms with Gasteiger partial charge < -0.3 is 36.1 Å². The molecule has 240 valence electrons. The van der Waals surface area contributed by atoms with E-state index in [0.717, 1.165) is 24.0 Å². The van der Waals surface area contributed by atoms with Gasteiger partial charge in [-0.3, -0.25) is 9.36 Å². The van der Waals surface area contributed by atoms with Crippen molar-refractivity contribution in [3.8, 4) is 0 Å². The van der Waals surface area contributed by atoms with Crippen LogP contribution in [-0.2, 0) is 27.4 Å². The number of amides is 2. The van der Waals surface area contributed by atoms with Crippen LogP contribution in [0.15, 0.2) is 59.4 Å². The number of alkyl carbamates (subject to hydrolysis) is 1. The normalized spacial score (nSPS) is 12.1. The van der Waals surface area contributed by atoms with Crippen LogP contribution in [0.4, 0.5) is 22.2 Å². The number of ether oxygens (including phenoxy) is 2. The molecule has 13 nitrogen and oxygen atoms in total. The number of imidazole rings is 1. The largest absolute Gasteiger partial charge is 0.445 e. The molecule has 2 aromatic heterocycles. The Labute approximate surface area is 261 Å². The van der Waals surface area contributed by atoms with Gasteiger partial charge in [0.25, 0.3) is 0 Å². The Morgan fingerprint density at radius 1 is 1.04 bits per heavy atom. The van der Waals surface area contributed by atoms with Gasteiger partial charge in [0.2, 0.25) is 11.9 Å². The Morgan fingerprint density at radius 3 is 2.47 bits per heavy atom. The number of carbonyl (C=O) groups is 2. The minimum Gasteiger partial charge on any atom is -0.445 e. The molecule has 0 unspecified atom stereocenters. The Bertz CT molecular complexity index is 1630. The standard InChI is InChI=1S/C32H42N8O5/c1-5-6-17-34-29-38-26(33)25-27(39-29)40(30(42)37-25)19-21-12-14-23(15-13-21)35-28(41)24(16-18-45-32(2,3)4)36-31(43)44-20-22-10-8-7-9-11-22/h7-15,24H,5-6,16-20H2,1-4H3,(H,35,41)(H,36,43)(H,37,42)(H3,33,34,38,39)/t24-/m0/s1. The van der Waals surface area contributed by atoms with Gasteiger partial charge in [0.1, 0.15) is 18.2 Å². The third kappa shape index (κ3) is 9.80. The smallest absolute Gasteiger partial charge is 0.408 e. The van der Waals surface area contributed by atoms with Gasteiger partial charge in [-0.15, -0.1) is 0 Å². The average molecular weight is 619 g/mol. The van der Waals surface area contributed by atoms with Crippen molar-refractivity contribution in [1.29, 1.82) is 0 Å². The second-order valence-corrected chi connectivity index (χ2v) is 11.6. The second-order valence-electron chi connectivity index (χ2n) is 11.6. The zero-order valence-electron chi connectivity index (χ0n) is 26.2. The molecule has 0 bridgehead atoms. The molecule has 0 aliphatic heterocycles. The molecule has 0 saturated heterocycles. The maximum Gasteiger partial charge on any atom is 0.408 e. The van der Waals surface area contributed by atoms with E-state index in [-0.39, 0.29) is 37.7 Å². The van der Waals surface area contributed by atoms with Crippen LogP contribution in [0.25, 0.3) is 11.2 Å². The molecular weight excluding hydrogens is 576 g/mol. The van der Waals surface area contributed by atoms with Gasteiger partial charge in [0.15, 0.2) is 11.5 Å². The van der Waals surface area contributed by atoms with Gasteiger partial charge in [0.05, 0.1) is 12.1 Å². The highest BCUT2D eigenvalue weighted by atomic mass is 16.5. The molecule has 0 aliphatic rings. The summed E-state index contributed by atoms with van der Waals surface area (Å²) in [6.07, 6.45) is 1.50. The van der Waals surface area contributed by atoms with Gasteiger partial charge in [-0.05, 0) is 50.5 Å². The number of aromatic nitrogens is 4. The fraction of sp³-hybridized carbons (Fsp3) is 0.406. The molecular formula is C32H42N8O5. The molecule has 2 heterocycles. The van der Waals surface area contributed by atoms with Gasteiger partial charge in [-0.2, -0.15) is 9.97 Å². The van der Waals surface area contributed by atoms with Crippen LogP contribution in [0.3, 0.4) is 0 Å². The van der Waals surface area contributed by atoms with Crippen molar-refractivity contribution in [2.75, 3.05) is 29.5 Å². The van der Waals surface area contributed by atoms with Gasteiger partial charge >= 0.3 is 11.8 Å². The first-order chi connectivity index (χ1) is 21.5. The highest BCUT2D eigenvalue weighted by Gasteiger charge is 2.23. The molecule has 0 radical (unpaired) electrons. The molecule has 0 saturated carbocycles. The van der Waals surface area contributed by atoms with Crippen LogP contribution < -0.4 is 27.4 Å². The predicted octanol–water partition coefficient (Wildman–Crippen LogP) is 4.40. The molecule has 0 aliphatic carbocycles. The van der Waals surface area contributed by atoms with E-state index in [0.29, 0.717) is 29.3 Å². The number of hydrogen-bond donors (Lipinski definition) is 5. The highest BCUT2D eigenvalue weighted by molar-refractivity contribution is 5.96. The van der Waals surface area contributed by atoms with Crippen LogP contribution in [0.1, 0.15) is 58.1 Å². The maximum absolute atomic E-state index is 13.2. The molecule has 2 amide bonds. The van der Waals surface area contributed by atoms with Gasteiger partial charge in [-0.25, -0.2) is 9.59 Å². The lowest BCUT2D eigenvalue weighted by molar-refractivity contribution is -0.119. The summed E-state index contributed by atoms with van der Waals surface area (Å²) in [5, 5.41) is 8.66. The van der Waals surface area contributed by atoms with Gasteiger partial charge in [-0.1, -0.05) is 55.8 Å². The lowest BCUT2D eigenvalue weighted by Gasteiger charge is -2.23. The van der Waals surface area contributed by atoms with E-state index in [1.807, 2.05) is 51.1 Å².